The number of likely N-dealkylation sites (N-methyl/N-ethyl adjacent to an activating group) is 1. The molecule has 0 aromatic heterocycles. The van der Waals surface area contributed by atoms with E-state index in [1.54, 1.807) is 0 Å². The molecule has 0 bridgehead atoms. The van der Waals surface area contributed by atoms with Crippen LogP contribution in [-0.2, 0) is 18.3 Å². The maximum atomic E-state index is 12.3. The number of ether oxygens (including phenoxy) is 1. The molecule has 204 valence electrons. The van der Waals surface area contributed by atoms with Crippen LogP contribution >= 0.6 is 7.82 Å². The van der Waals surface area contributed by atoms with Crippen LogP contribution in [0.1, 0.15) is 103 Å². The molecule has 0 spiro atoms. The first-order valence-electron chi connectivity index (χ1n) is 13.4. The summed E-state index contributed by atoms with van der Waals surface area (Å²) in [7, 11) is 3.18. The first-order valence-corrected chi connectivity index (χ1v) is 14.9. The Bertz CT molecular complexity index is 542. The van der Waals surface area contributed by atoms with E-state index >= 15 is 0 Å². The van der Waals surface area contributed by atoms with Gasteiger partial charge in [-0.2, -0.15) is 0 Å². The highest BCUT2D eigenvalue weighted by Crippen LogP contribution is 2.45. The molecule has 8 nitrogen and oxygen atoms in total. The molecule has 0 saturated carbocycles. The standard InChI is InChI=1S/C25H53N2O6P/c1-6-7-8-9-10-11-12-13-14-15-16-17-18-19-20-24(23-31-25(28)26-2)33-34(29,30)32-22-21-27(3,4)5/h24H,6-23H2,1-5H3,(H-,26,28,29,30)/p+1. The van der Waals surface area contributed by atoms with Crippen LogP contribution in [0, 0.1) is 0 Å². The molecule has 2 atom stereocenters. The molecule has 0 saturated heterocycles. The van der Waals surface area contributed by atoms with Gasteiger partial charge in [0, 0.05) is 7.05 Å². The molecule has 1 amide bonds. The summed E-state index contributed by atoms with van der Waals surface area (Å²) >= 11 is 0. The summed E-state index contributed by atoms with van der Waals surface area (Å²) in [6, 6.07) is 0. The Kier molecular flexibility index (Phi) is 20.1. The molecule has 0 radical (unpaired) electrons. The second-order valence-corrected chi connectivity index (χ2v) is 11.7. The van der Waals surface area contributed by atoms with Gasteiger partial charge in [-0.05, 0) is 6.42 Å². The van der Waals surface area contributed by atoms with Crippen molar-refractivity contribution in [3.8, 4) is 0 Å². The summed E-state index contributed by atoms with van der Waals surface area (Å²) in [6.45, 7) is 2.86. The van der Waals surface area contributed by atoms with Gasteiger partial charge in [-0.3, -0.25) is 9.05 Å². The van der Waals surface area contributed by atoms with E-state index in [-0.39, 0.29) is 13.2 Å². The van der Waals surface area contributed by atoms with Gasteiger partial charge in [-0.25, -0.2) is 9.36 Å². The quantitative estimate of drug-likeness (QED) is 0.0937. The number of carbonyl (C=O) groups is 1. The van der Waals surface area contributed by atoms with Gasteiger partial charge in [0.15, 0.2) is 0 Å². The fourth-order valence-electron chi connectivity index (χ4n) is 3.62. The summed E-state index contributed by atoms with van der Waals surface area (Å²) in [5.74, 6) is 0. The minimum absolute atomic E-state index is 0.0820. The molecular weight excluding hydrogens is 455 g/mol. The Morgan fingerprint density at radius 1 is 0.882 bits per heavy atom. The normalized spacial score (nSPS) is 14.5. The van der Waals surface area contributed by atoms with Gasteiger partial charge in [0.2, 0.25) is 0 Å². The molecule has 34 heavy (non-hydrogen) atoms. The lowest BCUT2D eigenvalue weighted by molar-refractivity contribution is -0.870. The van der Waals surface area contributed by atoms with Crippen molar-refractivity contribution >= 4 is 13.9 Å². The molecule has 9 heteroatoms. The monoisotopic (exact) mass is 509 g/mol. The molecule has 0 aromatic carbocycles. The van der Waals surface area contributed by atoms with E-state index in [9.17, 15) is 14.3 Å². The highest BCUT2D eigenvalue weighted by molar-refractivity contribution is 7.47. The van der Waals surface area contributed by atoms with Gasteiger partial charge in [-0.15, -0.1) is 0 Å². The fourth-order valence-corrected chi connectivity index (χ4v) is 4.54. The summed E-state index contributed by atoms with van der Waals surface area (Å²) < 4.78 is 28.4. The Morgan fingerprint density at radius 2 is 1.35 bits per heavy atom. The minimum Gasteiger partial charge on any atom is -0.447 e. The first kappa shape index (κ1) is 33.3. The van der Waals surface area contributed by atoms with Gasteiger partial charge in [-0.1, -0.05) is 96.8 Å². The van der Waals surface area contributed by atoms with Gasteiger partial charge in [0.25, 0.3) is 0 Å². The number of hydrogen-bond acceptors (Lipinski definition) is 5. The smallest absolute Gasteiger partial charge is 0.447 e. The molecule has 0 heterocycles. The predicted molar refractivity (Wildman–Crippen MR) is 139 cm³/mol. The average molecular weight is 510 g/mol. The number of carbonyl (C=O) groups excluding carboxylic acids is 1. The summed E-state index contributed by atoms with van der Waals surface area (Å²) in [6.07, 6.45) is 17.0. The number of nitrogens with one attached hydrogen (secondary N) is 1. The van der Waals surface area contributed by atoms with Crippen molar-refractivity contribution in [1.82, 2.24) is 5.32 Å². The van der Waals surface area contributed by atoms with E-state index in [0.717, 1.165) is 19.3 Å². The number of nitrogens with zero attached hydrogens (tertiary/aromatic N) is 1. The van der Waals surface area contributed by atoms with E-state index in [1.807, 2.05) is 21.1 Å². The third kappa shape index (κ3) is 23.1. The number of unbranched alkanes of at least 4 members (excludes halogenated alkanes) is 13. The molecular formula is C25H54N2O6P+. The second-order valence-electron chi connectivity index (χ2n) is 10.3. The van der Waals surface area contributed by atoms with Crippen LogP contribution in [0.4, 0.5) is 4.79 Å². The molecule has 0 aliphatic heterocycles. The van der Waals surface area contributed by atoms with E-state index in [4.69, 9.17) is 13.8 Å². The zero-order valence-electron chi connectivity index (χ0n) is 22.7. The van der Waals surface area contributed by atoms with Gasteiger partial charge in [0.1, 0.15) is 25.9 Å². The minimum atomic E-state index is -4.21. The molecule has 2 unspecified atom stereocenters. The topological polar surface area (TPSA) is 94.1 Å². The first-order chi connectivity index (χ1) is 16.1. The predicted octanol–water partition coefficient (Wildman–Crippen LogP) is 6.42. The van der Waals surface area contributed by atoms with Gasteiger partial charge >= 0.3 is 13.9 Å². The Hall–Kier alpha value is -0.660. The van der Waals surface area contributed by atoms with Crippen molar-refractivity contribution in [2.45, 2.75) is 109 Å². The Labute approximate surface area is 209 Å². The van der Waals surface area contributed by atoms with Crippen LogP contribution < -0.4 is 5.32 Å². The third-order valence-corrected chi connectivity index (χ3v) is 6.86. The highest BCUT2D eigenvalue weighted by Gasteiger charge is 2.28. The molecule has 0 rings (SSSR count). The lowest BCUT2D eigenvalue weighted by atomic mass is 10.0. The van der Waals surface area contributed by atoms with E-state index < -0.39 is 20.0 Å². The van der Waals surface area contributed by atoms with Gasteiger partial charge < -0.3 is 19.4 Å². The van der Waals surface area contributed by atoms with Crippen molar-refractivity contribution < 1.29 is 32.5 Å². The molecule has 0 aliphatic rings. The Balaban J connectivity index is 4.04. The molecule has 0 aromatic rings. The Morgan fingerprint density at radius 3 is 1.79 bits per heavy atom. The SMILES string of the molecule is CCCCCCCCCCCCCCCCC(COC(=O)NC)OP(=O)(O)OCC[N+](C)(C)C. The second kappa shape index (κ2) is 20.5. The van der Waals surface area contributed by atoms with Crippen molar-refractivity contribution in [1.29, 1.82) is 0 Å². The van der Waals surface area contributed by atoms with Crippen molar-refractivity contribution in [2.75, 3.05) is 47.9 Å². The van der Waals surface area contributed by atoms with Crippen LogP contribution in [0.25, 0.3) is 0 Å². The number of rotatable bonds is 23. The van der Waals surface area contributed by atoms with Crippen molar-refractivity contribution in [3.05, 3.63) is 0 Å². The number of alkyl carbamates (subject to hydrolysis) is 1. The van der Waals surface area contributed by atoms with Crippen molar-refractivity contribution in [3.63, 3.8) is 0 Å². The van der Waals surface area contributed by atoms with E-state index in [0.29, 0.717) is 17.4 Å². The number of amides is 1. The van der Waals surface area contributed by atoms with Crippen LogP contribution in [-0.4, -0.2) is 69.5 Å². The number of quaternary nitrogens is 1. The van der Waals surface area contributed by atoms with E-state index in [2.05, 4.69) is 12.2 Å². The largest absolute Gasteiger partial charge is 0.472 e. The van der Waals surface area contributed by atoms with Gasteiger partial charge in [0.05, 0.1) is 21.1 Å². The van der Waals surface area contributed by atoms with E-state index in [1.165, 1.54) is 77.7 Å². The average Bonchev–Trinajstić information content (AvgIpc) is 2.75. The highest BCUT2D eigenvalue weighted by atomic mass is 31.2. The summed E-state index contributed by atoms with van der Waals surface area (Å²) in [4.78, 5) is 21.5. The number of phosphoric acid groups is 1. The van der Waals surface area contributed by atoms with Crippen LogP contribution in [0.15, 0.2) is 0 Å². The van der Waals surface area contributed by atoms with Crippen LogP contribution in [0.5, 0.6) is 0 Å². The fraction of sp³-hybridized carbons (Fsp3) is 0.960. The lowest BCUT2D eigenvalue weighted by Gasteiger charge is -2.25. The zero-order valence-corrected chi connectivity index (χ0v) is 23.6. The number of phosphoric ester groups is 1. The molecule has 0 fully saturated rings. The third-order valence-electron chi connectivity index (χ3n) is 5.78. The number of hydrogen-bond donors (Lipinski definition) is 2. The lowest BCUT2D eigenvalue weighted by Crippen LogP contribution is -2.37. The molecule has 2 N–H and O–H groups in total. The summed E-state index contributed by atoms with van der Waals surface area (Å²) in [5.41, 5.74) is 0. The maximum absolute atomic E-state index is 12.3. The molecule has 0 aliphatic carbocycles. The van der Waals surface area contributed by atoms with Crippen LogP contribution in [0.2, 0.25) is 0 Å². The van der Waals surface area contributed by atoms with Crippen molar-refractivity contribution in [2.24, 2.45) is 0 Å². The maximum Gasteiger partial charge on any atom is 0.472 e. The van der Waals surface area contributed by atoms with Crippen LogP contribution in [0.3, 0.4) is 0 Å². The summed E-state index contributed by atoms with van der Waals surface area (Å²) in [5, 5.41) is 2.37. The zero-order chi connectivity index (χ0) is 25.7.